The smallest absolute Gasteiger partial charge is 0.0914 e. The summed E-state index contributed by atoms with van der Waals surface area (Å²) >= 11 is 0. The third-order valence-electron chi connectivity index (χ3n) is 1.97. The van der Waals surface area contributed by atoms with E-state index in [1.807, 2.05) is 0 Å². The minimum atomic E-state index is 1.03. The molecule has 0 aromatic rings. The average molecular weight is 150 g/mol. The van der Waals surface area contributed by atoms with Crippen LogP contribution in [0.25, 0.3) is 0 Å². The van der Waals surface area contributed by atoms with E-state index in [1.54, 1.807) is 0 Å². The van der Waals surface area contributed by atoms with Crippen molar-refractivity contribution < 1.29 is 0 Å². The van der Waals surface area contributed by atoms with E-state index >= 15 is 0 Å². The summed E-state index contributed by atoms with van der Waals surface area (Å²) in [7, 11) is 0. The molecular weight excluding hydrogens is 136 g/mol. The van der Waals surface area contributed by atoms with E-state index < -0.39 is 0 Å². The lowest BCUT2D eigenvalue weighted by molar-refractivity contribution is 0.623. The second-order valence-electron chi connectivity index (χ2n) is 2.87. The van der Waals surface area contributed by atoms with Crippen LogP contribution in [0.1, 0.15) is 38.5 Å². The minimum Gasteiger partial charge on any atom is -0.241 e. The molecule has 1 N–H and O–H groups in total. The number of hydrogen-bond donors (Lipinski definition) is 1. The van der Waals surface area contributed by atoms with E-state index in [0.29, 0.717) is 0 Å². The monoisotopic (exact) mass is 150 g/mol. The molecule has 0 radical (unpaired) electrons. The lowest BCUT2D eigenvalue weighted by Gasteiger charge is -2.05. The van der Waals surface area contributed by atoms with Gasteiger partial charge in [0.1, 0.15) is 0 Å². The molecule has 0 spiro atoms. The highest BCUT2D eigenvalue weighted by Gasteiger charge is 1.99. The zero-order valence-electron chi connectivity index (χ0n) is 6.77. The largest absolute Gasteiger partial charge is 0.241 e. The highest BCUT2D eigenvalue weighted by molar-refractivity contribution is 5.39. The van der Waals surface area contributed by atoms with Gasteiger partial charge in [0.05, 0.1) is 6.01 Å². The first-order valence-corrected chi connectivity index (χ1v) is 4.25. The van der Waals surface area contributed by atoms with Crippen LogP contribution in [0.5, 0.6) is 0 Å². The van der Waals surface area contributed by atoms with Crippen LogP contribution in [0.4, 0.5) is 0 Å². The Morgan fingerprint density at radius 2 is 2.09 bits per heavy atom. The zero-order valence-corrected chi connectivity index (χ0v) is 6.77. The van der Waals surface area contributed by atoms with Crippen molar-refractivity contribution in [3.8, 4) is 0 Å². The number of nitrogens with one attached hydrogen (secondary N) is 1. The summed E-state index contributed by atoms with van der Waals surface area (Å²) in [6, 6.07) is 2.09. The quantitative estimate of drug-likeness (QED) is 0.558. The summed E-state index contributed by atoms with van der Waals surface area (Å²) in [5, 5.41) is 6.71. The van der Waals surface area contributed by atoms with Crippen molar-refractivity contribution in [1.82, 2.24) is 0 Å². The zero-order chi connectivity index (χ0) is 7.94. The number of allylic oxidation sites excluding steroid dienone is 2. The Labute approximate surface area is 67.5 Å². The van der Waals surface area contributed by atoms with E-state index in [9.17, 15) is 0 Å². The van der Waals surface area contributed by atoms with Gasteiger partial charge in [-0.25, -0.2) is 5.41 Å². The fourth-order valence-corrected chi connectivity index (χ4v) is 1.35. The first kappa shape index (κ1) is 8.22. The van der Waals surface area contributed by atoms with Gasteiger partial charge >= 0.3 is 0 Å². The highest BCUT2D eigenvalue weighted by Crippen LogP contribution is 2.16. The predicted octanol–water partition coefficient (Wildman–Crippen LogP) is 2.98. The van der Waals surface area contributed by atoms with Crippen LogP contribution in [0.15, 0.2) is 16.8 Å². The Hall–Kier alpha value is -0.880. The molecule has 0 heterocycles. The van der Waals surface area contributed by atoms with Crippen molar-refractivity contribution in [3.05, 3.63) is 11.8 Å². The van der Waals surface area contributed by atoms with Gasteiger partial charge in [-0.2, -0.15) is 4.99 Å². The number of nitrogens with zero attached hydrogens (tertiary/aromatic N) is 1. The van der Waals surface area contributed by atoms with Gasteiger partial charge in [0, 0.05) is 5.70 Å². The number of hydrogen-bond acceptors (Lipinski definition) is 2. The van der Waals surface area contributed by atoms with Crippen LogP contribution in [-0.4, -0.2) is 6.01 Å². The molecule has 0 aliphatic heterocycles. The molecule has 0 fully saturated rings. The average Bonchev–Trinajstić information content (AvgIpc) is 1.94. The molecule has 0 aromatic carbocycles. The summed E-state index contributed by atoms with van der Waals surface area (Å²) in [5.74, 6) is 0. The van der Waals surface area contributed by atoms with Crippen molar-refractivity contribution in [2.45, 2.75) is 38.5 Å². The van der Waals surface area contributed by atoms with Gasteiger partial charge in [-0.1, -0.05) is 18.9 Å². The lowest BCUT2D eigenvalue weighted by atomic mass is 10.0. The fraction of sp³-hybridized carbons (Fsp3) is 0.667. The van der Waals surface area contributed by atoms with Crippen LogP contribution in [0.3, 0.4) is 0 Å². The third kappa shape index (κ3) is 3.15. The first-order chi connectivity index (χ1) is 5.43. The third-order valence-corrected chi connectivity index (χ3v) is 1.97. The summed E-state index contributed by atoms with van der Waals surface area (Å²) in [6.07, 6.45) is 9.45. The van der Waals surface area contributed by atoms with E-state index in [4.69, 9.17) is 5.41 Å². The highest BCUT2D eigenvalue weighted by atomic mass is 14.7. The van der Waals surface area contributed by atoms with Gasteiger partial charge in [-0.3, -0.25) is 0 Å². The molecule has 2 heteroatoms. The van der Waals surface area contributed by atoms with Crippen molar-refractivity contribution >= 4 is 6.01 Å². The molecule has 0 saturated carbocycles. The summed E-state index contributed by atoms with van der Waals surface area (Å²) in [5.41, 5.74) is 1.06. The Morgan fingerprint density at radius 3 is 2.91 bits per heavy atom. The molecule has 0 atom stereocenters. The van der Waals surface area contributed by atoms with Crippen molar-refractivity contribution in [2.24, 2.45) is 4.99 Å². The molecule has 1 rings (SSSR count). The van der Waals surface area contributed by atoms with Gasteiger partial charge in [0.15, 0.2) is 0 Å². The molecule has 0 aromatic heterocycles. The van der Waals surface area contributed by atoms with Crippen LogP contribution >= 0.6 is 0 Å². The van der Waals surface area contributed by atoms with Gasteiger partial charge in [0.2, 0.25) is 0 Å². The number of aliphatic imine (C=N–C) groups is 1. The van der Waals surface area contributed by atoms with Crippen molar-refractivity contribution in [3.63, 3.8) is 0 Å². The van der Waals surface area contributed by atoms with Crippen LogP contribution in [-0.2, 0) is 0 Å². The molecule has 1 aliphatic carbocycles. The molecule has 0 saturated heterocycles. The maximum absolute atomic E-state index is 6.71. The standard InChI is InChI=1S/C9H14N2/c10-8-11-9-6-4-2-1-3-5-7-9/h6,10H,1-5,7H2. The SMILES string of the molecule is N=C=NC1=CCCCCCC1. The van der Waals surface area contributed by atoms with Crippen LogP contribution in [0.2, 0.25) is 0 Å². The Morgan fingerprint density at radius 1 is 1.27 bits per heavy atom. The molecule has 11 heavy (non-hydrogen) atoms. The Bertz CT molecular complexity index is 188. The van der Waals surface area contributed by atoms with E-state index in [1.165, 1.54) is 25.7 Å². The molecule has 0 unspecified atom stereocenters. The fourth-order valence-electron chi connectivity index (χ4n) is 1.35. The summed E-state index contributed by atoms with van der Waals surface area (Å²) < 4.78 is 0. The molecular formula is C9H14N2. The van der Waals surface area contributed by atoms with E-state index in [2.05, 4.69) is 17.1 Å². The van der Waals surface area contributed by atoms with Crippen LogP contribution < -0.4 is 0 Å². The van der Waals surface area contributed by atoms with Crippen molar-refractivity contribution in [1.29, 1.82) is 5.41 Å². The van der Waals surface area contributed by atoms with Gasteiger partial charge in [0.25, 0.3) is 0 Å². The second kappa shape index (κ2) is 4.86. The van der Waals surface area contributed by atoms with E-state index in [-0.39, 0.29) is 0 Å². The first-order valence-electron chi connectivity index (χ1n) is 4.25. The minimum absolute atomic E-state index is 1.03. The normalized spacial score (nSPS) is 19.1. The Kier molecular flexibility index (Phi) is 3.63. The molecule has 60 valence electrons. The maximum atomic E-state index is 6.71. The van der Waals surface area contributed by atoms with Gasteiger partial charge in [-0.05, 0) is 25.7 Å². The molecule has 0 amide bonds. The van der Waals surface area contributed by atoms with Gasteiger partial charge < -0.3 is 0 Å². The maximum Gasteiger partial charge on any atom is 0.0914 e. The lowest BCUT2D eigenvalue weighted by Crippen LogP contribution is -1.87. The molecule has 0 bridgehead atoms. The number of rotatable bonds is 1. The predicted molar refractivity (Wildman–Crippen MR) is 45.9 cm³/mol. The second-order valence-corrected chi connectivity index (χ2v) is 2.87. The Balaban J connectivity index is 2.51. The molecule has 2 nitrogen and oxygen atoms in total. The summed E-state index contributed by atoms with van der Waals surface area (Å²) in [4.78, 5) is 3.86. The van der Waals surface area contributed by atoms with Crippen LogP contribution in [0, 0.1) is 5.41 Å². The summed E-state index contributed by atoms with van der Waals surface area (Å²) in [6.45, 7) is 0. The molecule has 1 aliphatic rings. The van der Waals surface area contributed by atoms with E-state index in [0.717, 1.165) is 18.5 Å². The van der Waals surface area contributed by atoms with Gasteiger partial charge in [-0.15, -0.1) is 0 Å². The topological polar surface area (TPSA) is 36.2 Å². The van der Waals surface area contributed by atoms with Crippen molar-refractivity contribution in [2.75, 3.05) is 0 Å².